The fourth-order valence-electron chi connectivity index (χ4n) is 1.42. The maximum absolute atomic E-state index is 12.0. The summed E-state index contributed by atoms with van der Waals surface area (Å²) in [7, 11) is -2.61. The molecule has 0 aliphatic carbocycles. The molecule has 2 N–H and O–H groups in total. The van der Waals surface area contributed by atoms with Crippen LogP contribution in [0.2, 0.25) is 0 Å². The van der Waals surface area contributed by atoms with Crippen LogP contribution >= 0.6 is 0 Å². The van der Waals surface area contributed by atoms with Crippen molar-refractivity contribution >= 4 is 11.8 Å². The van der Waals surface area contributed by atoms with Crippen molar-refractivity contribution < 1.29 is 18.4 Å². The Morgan fingerprint density at radius 2 is 2.11 bits per heavy atom. The quantitative estimate of drug-likeness (QED) is 0.773. The van der Waals surface area contributed by atoms with Crippen molar-refractivity contribution in [3.8, 4) is 0 Å². The summed E-state index contributed by atoms with van der Waals surface area (Å²) in [6.45, 7) is 1.10. The summed E-state index contributed by atoms with van der Waals surface area (Å²) < 4.78 is 25.4. The van der Waals surface area contributed by atoms with Crippen molar-refractivity contribution in [1.82, 2.24) is 10.6 Å². The van der Waals surface area contributed by atoms with Gasteiger partial charge in [-0.2, -0.15) is 0 Å². The molecule has 0 saturated heterocycles. The Morgan fingerprint density at radius 1 is 1.39 bits per heavy atom. The topological polar surface area (TPSA) is 67.4 Å². The number of methoxy groups -OCH3 is 1. The third-order valence-corrected chi connectivity index (χ3v) is 2.25. The summed E-state index contributed by atoms with van der Waals surface area (Å²) in [5.74, 6) is -0.942. The molecule has 2 amide bonds. The summed E-state index contributed by atoms with van der Waals surface area (Å²) in [4.78, 5) is 23.0. The van der Waals surface area contributed by atoms with Crippen LogP contribution in [0.4, 0.5) is 0 Å². The molecule has 0 aliphatic rings. The Morgan fingerprint density at radius 3 is 2.72 bits per heavy atom. The van der Waals surface area contributed by atoms with Crippen LogP contribution in [0.25, 0.3) is 0 Å². The highest BCUT2D eigenvalue weighted by Gasteiger charge is 2.18. The first-order valence-corrected chi connectivity index (χ1v) is 5.50. The Hall–Kier alpha value is -1.88. The van der Waals surface area contributed by atoms with E-state index in [2.05, 4.69) is 15.4 Å². The van der Waals surface area contributed by atoms with Crippen molar-refractivity contribution in [3.05, 3.63) is 35.9 Å². The lowest BCUT2D eigenvalue weighted by Crippen LogP contribution is -2.48. The van der Waals surface area contributed by atoms with E-state index in [-0.39, 0.29) is 6.54 Å². The van der Waals surface area contributed by atoms with E-state index in [0.717, 1.165) is 5.56 Å². The van der Waals surface area contributed by atoms with E-state index in [1.165, 1.54) is 6.92 Å². The van der Waals surface area contributed by atoms with E-state index in [1.807, 2.05) is 30.3 Å². The van der Waals surface area contributed by atoms with Crippen molar-refractivity contribution in [1.29, 1.82) is 0 Å². The molecule has 0 radical (unpaired) electrons. The van der Waals surface area contributed by atoms with Crippen LogP contribution in [-0.4, -0.2) is 31.5 Å². The second-order valence-corrected chi connectivity index (χ2v) is 3.77. The number of rotatable bonds is 6. The average molecular weight is 253 g/mol. The standard InChI is InChI=1S/C13H18N2O3/c1-10(16)15-12(9-18-2)13(17)14-8-11-6-4-3-5-7-11/h3-7,12H,8-9H2,1-2H3,(H,14,17)(H,15,16)/t12-/m0/s1/i2D3. The van der Waals surface area contributed by atoms with E-state index >= 15 is 0 Å². The number of amides is 2. The highest BCUT2D eigenvalue weighted by molar-refractivity contribution is 5.86. The first-order valence-electron chi connectivity index (χ1n) is 7.00. The number of hydrogen-bond donors (Lipinski definition) is 2. The lowest BCUT2D eigenvalue weighted by molar-refractivity contribution is -0.129. The molecule has 0 heterocycles. The van der Waals surface area contributed by atoms with Gasteiger partial charge in [0.25, 0.3) is 0 Å². The zero-order chi connectivity index (χ0) is 15.9. The summed E-state index contributed by atoms with van der Waals surface area (Å²) in [6, 6.07) is 8.16. The van der Waals surface area contributed by atoms with Gasteiger partial charge in [0, 0.05) is 20.5 Å². The highest BCUT2D eigenvalue weighted by Crippen LogP contribution is 1.97. The van der Waals surface area contributed by atoms with E-state index in [9.17, 15) is 9.59 Å². The van der Waals surface area contributed by atoms with Crippen LogP contribution in [0.3, 0.4) is 0 Å². The Bertz CT molecular complexity index is 477. The van der Waals surface area contributed by atoms with Crippen LogP contribution in [0.5, 0.6) is 0 Å². The fourth-order valence-corrected chi connectivity index (χ4v) is 1.42. The number of carbonyl (C=O) groups excluding carboxylic acids is 2. The molecule has 1 atom stereocenters. The van der Waals surface area contributed by atoms with Gasteiger partial charge in [-0.15, -0.1) is 0 Å². The van der Waals surface area contributed by atoms with E-state index < -0.39 is 31.5 Å². The van der Waals surface area contributed by atoms with Crippen LogP contribution < -0.4 is 10.6 Å². The molecule has 0 unspecified atom stereocenters. The first-order chi connectivity index (χ1) is 9.78. The molecule has 5 nitrogen and oxygen atoms in total. The summed E-state index contributed by atoms with van der Waals surface area (Å²) in [5, 5.41) is 4.99. The van der Waals surface area contributed by atoms with Gasteiger partial charge in [0.1, 0.15) is 6.04 Å². The van der Waals surface area contributed by atoms with Gasteiger partial charge in [0.15, 0.2) is 0 Å². The molecule has 1 rings (SSSR count). The second kappa shape index (κ2) is 7.45. The maximum Gasteiger partial charge on any atom is 0.245 e. The number of hydrogen-bond acceptors (Lipinski definition) is 3. The lowest BCUT2D eigenvalue weighted by atomic mass is 10.2. The van der Waals surface area contributed by atoms with Crippen LogP contribution in [-0.2, 0) is 20.9 Å². The zero-order valence-corrected chi connectivity index (χ0v) is 10.1. The molecule has 1 aromatic carbocycles. The van der Waals surface area contributed by atoms with E-state index in [0.29, 0.717) is 0 Å². The Labute approximate surface area is 111 Å². The Balaban J connectivity index is 2.56. The predicted molar refractivity (Wildman–Crippen MR) is 67.8 cm³/mol. The highest BCUT2D eigenvalue weighted by atomic mass is 16.5. The normalized spacial score (nSPS) is 14.8. The number of benzene rings is 1. The average Bonchev–Trinajstić information content (AvgIpc) is 2.40. The third kappa shape index (κ3) is 4.97. The van der Waals surface area contributed by atoms with Gasteiger partial charge in [-0.1, -0.05) is 30.3 Å². The van der Waals surface area contributed by atoms with Crippen molar-refractivity contribution in [3.63, 3.8) is 0 Å². The molecule has 18 heavy (non-hydrogen) atoms. The van der Waals surface area contributed by atoms with E-state index in [4.69, 9.17) is 4.11 Å². The molecular formula is C13H18N2O3. The lowest BCUT2D eigenvalue weighted by Gasteiger charge is -2.16. The molecule has 1 aromatic rings. The van der Waals surface area contributed by atoms with Gasteiger partial charge < -0.3 is 15.4 Å². The zero-order valence-electron chi connectivity index (χ0n) is 13.1. The molecular weight excluding hydrogens is 232 g/mol. The minimum Gasteiger partial charge on any atom is -0.382 e. The molecule has 0 saturated carbocycles. The fraction of sp³-hybridized carbons (Fsp3) is 0.385. The van der Waals surface area contributed by atoms with Gasteiger partial charge in [0.05, 0.1) is 10.7 Å². The number of ether oxygens (including phenoxy) is 1. The molecule has 0 bridgehead atoms. The first kappa shape index (κ1) is 10.1. The summed E-state index contributed by atoms with van der Waals surface area (Å²) in [6.07, 6.45) is 0. The number of carbonyl (C=O) groups is 2. The molecule has 0 fully saturated rings. The van der Waals surface area contributed by atoms with Crippen molar-refractivity contribution in [2.24, 2.45) is 0 Å². The van der Waals surface area contributed by atoms with Crippen LogP contribution in [0.15, 0.2) is 30.3 Å². The number of nitrogens with one attached hydrogen (secondary N) is 2. The second-order valence-electron chi connectivity index (χ2n) is 3.77. The van der Waals surface area contributed by atoms with Gasteiger partial charge in [-0.3, -0.25) is 9.59 Å². The van der Waals surface area contributed by atoms with Crippen LogP contribution in [0, 0.1) is 0 Å². The predicted octanol–water partition coefficient (Wildman–Crippen LogP) is 0.454. The monoisotopic (exact) mass is 253 g/mol. The van der Waals surface area contributed by atoms with Crippen molar-refractivity contribution in [2.75, 3.05) is 13.6 Å². The SMILES string of the molecule is [2H]C([2H])([2H])OC[C@H](NC(C)=O)C(=O)NCc1ccccc1. The molecule has 0 aromatic heterocycles. The van der Waals surface area contributed by atoms with Crippen molar-refractivity contribution in [2.45, 2.75) is 19.5 Å². The van der Waals surface area contributed by atoms with Crippen LogP contribution in [0.1, 0.15) is 16.6 Å². The van der Waals surface area contributed by atoms with Gasteiger partial charge >= 0.3 is 0 Å². The smallest absolute Gasteiger partial charge is 0.245 e. The van der Waals surface area contributed by atoms with E-state index in [1.54, 1.807) is 0 Å². The van der Waals surface area contributed by atoms with Gasteiger partial charge in [0.2, 0.25) is 11.8 Å². The molecule has 0 aliphatic heterocycles. The summed E-state index contributed by atoms with van der Waals surface area (Å²) in [5.41, 5.74) is 0.893. The molecule has 98 valence electrons. The molecule has 0 spiro atoms. The minimum absolute atomic E-state index is 0.281. The minimum atomic E-state index is -2.61. The van der Waals surface area contributed by atoms with Gasteiger partial charge in [-0.05, 0) is 5.56 Å². The Kier molecular flexibility index (Phi) is 4.17. The maximum atomic E-state index is 12.0. The molecule has 5 heteroatoms. The largest absolute Gasteiger partial charge is 0.382 e. The van der Waals surface area contributed by atoms with Gasteiger partial charge in [-0.25, -0.2) is 0 Å². The third-order valence-electron chi connectivity index (χ3n) is 2.25. The summed E-state index contributed by atoms with van der Waals surface area (Å²) >= 11 is 0.